The number of allylic oxidation sites excluding steroid dienone is 1. The van der Waals surface area contributed by atoms with Gasteiger partial charge in [-0.15, -0.1) is 0 Å². The molecule has 0 fully saturated rings. The standard InChI is InChI=1S/C18H11BrN2O3/c1-8(22)9-2-4-12-13(6-9)20-16(17(12)23)15-11-5-3-10(19)7-14(11)21-18(15)24/h2-7,20H,1H3,(H,21,24)/b16-15-. The molecule has 4 rings (SSSR count). The zero-order valence-electron chi connectivity index (χ0n) is 12.6. The molecule has 5 nitrogen and oxygen atoms in total. The predicted octanol–water partition coefficient (Wildman–Crippen LogP) is 3.62. The van der Waals surface area contributed by atoms with Gasteiger partial charge in [-0.3, -0.25) is 14.4 Å². The maximum Gasteiger partial charge on any atom is 0.258 e. The second-order valence-corrected chi connectivity index (χ2v) is 6.58. The number of hydrogen-bond acceptors (Lipinski definition) is 4. The smallest absolute Gasteiger partial charge is 0.258 e. The van der Waals surface area contributed by atoms with E-state index in [0.29, 0.717) is 33.6 Å². The lowest BCUT2D eigenvalue weighted by atomic mass is 10.0. The van der Waals surface area contributed by atoms with Crippen molar-refractivity contribution in [3.63, 3.8) is 0 Å². The molecule has 2 aromatic carbocycles. The molecule has 2 heterocycles. The van der Waals surface area contributed by atoms with Crippen molar-refractivity contribution in [2.24, 2.45) is 0 Å². The molecular weight excluding hydrogens is 372 g/mol. The van der Waals surface area contributed by atoms with Crippen LogP contribution in [0.2, 0.25) is 0 Å². The Morgan fingerprint density at radius 1 is 0.958 bits per heavy atom. The number of rotatable bonds is 1. The van der Waals surface area contributed by atoms with Crippen LogP contribution in [0.5, 0.6) is 0 Å². The van der Waals surface area contributed by atoms with Gasteiger partial charge in [0.25, 0.3) is 5.91 Å². The maximum atomic E-state index is 12.7. The minimum atomic E-state index is -0.321. The lowest BCUT2D eigenvalue weighted by Crippen LogP contribution is -2.11. The second kappa shape index (κ2) is 5.14. The molecular formula is C18H11BrN2O3. The zero-order chi connectivity index (χ0) is 17.0. The molecule has 0 atom stereocenters. The number of anilines is 2. The summed E-state index contributed by atoms with van der Waals surface area (Å²) in [7, 11) is 0. The van der Waals surface area contributed by atoms with Crippen molar-refractivity contribution in [2.75, 3.05) is 10.6 Å². The van der Waals surface area contributed by atoms with E-state index in [1.165, 1.54) is 6.92 Å². The van der Waals surface area contributed by atoms with Gasteiger partial charge in [-0.05, 0) is 31.2 Å². The van der Waals surface area contributed by atoms with Gasteiger partial charge in [0.15, 0.2) is 5.78 Å². The first-order valence-electron chi connectivity index (χ1n) is 7.28. The average Bonchev–Trinajstić information content (AvgIpc) is 3.02. The average molecular weight is 383 g/mol. The normalized spacial score (nSPS) is 18.1. The fourth-order valence-corrected chi connectivity index (χ4v) is 3.32. The first-order valence-corrected chi connectivity index (χ1v) is 8.07. The van der Waals surface area contributed by atoms with Crippen LogP contribution >= 0.6 is 15.9 Å². The van der Waals surface area contributed by atoms with Gasteiger partial charge in [0.05, 0.1) is 16.9 Å². The van der Waals surface area contributed by atoms with Crippen LogP contribution in [-0.4, -0.2) is 17.5 Å². The van der Waals surface area contributed by atoms with Crippen LogP contribution in [0.15, 0.2) is 46.6 Å². The summed E-state index contributed by atoms with van der Waals surface area (Å²) in [5, 5.41) is 5.78. The van der Waals surface area contributed by atoms with Gasteiger partial charge in [0, 0.05) is 21.2 Å². The Balaban J connectivity index is 1.87. The van der Waals surface area contributed by atoms with Gasteiger partial charge in [-0.2, -0.15) is 0 Å². The fourth-order valence-electron chi connectivity index (χ4n) is 2.96. The van der Waals surface area contributed by atoms with E-state index in [1.54, 1.807) is 30.3 Å². The van der Waals surface area contributed by atoms with Crippen molar-refractivity contribution >= 4 is 50.4 Å². The Kier molecular flexibility index (Phi) is 3.18. The van der Waals surface area contributed by atoms with Crippen LogP contribution in [0.3, 0.4) is 0 Å². The molecule has 118 valence electrons. The molecule has 2 N–H and O–H groups in total. The second-order valence-electron chi connectivity index (χ2n) is 5.66. The highest BCUT2D eigenvalue weighted by atomic mass is 79.9. The summed E-state index contributed by atoms with van der Waals surface area (Å²) in [6.07, 6.45) is 0. The van der Waals surface area contributed by atoms with Crippen molar-refractivity contribution < 1.29 is 14.4 Å². The third-order valence-electron chi connectivity index (χ3n) is 4.13. The Morgan fingerprint density at radius 2 is 1.67 bits per heavy atom. The first kappa shape index (κ1) is 14.8. The van der Waals surface area contributed by atoms with Crippen LogP contribution in [0.1, 0.15) is 33.2 Å². The number of ketones is 2. The predicted molar refractivity (Wildman–Crippen MR) is 94.1 cm³/mol. The minimum absolute atomic E-state index is 0.0815. The minimum Gasteiger partial charge on any atom is -0.351 e. The first-order chi connectivity index (χ1) is 11.5. The zero-order valence-corrected chi connectivity index (χ0v) is 14.2. The summed E-state index contributed by atoms with van der Waals surface area (Å²) in [5.41, 5.74) is 3.42. The molecule has 2 aliphatic heterocycles. The molecule has 0 aliphatic carbocycles. The van der Waals surface area contributed by atoms with E-state index >= 15 is 0 Å². The number of carbonyl (C=O) groups excluding carboxylic acids is 3. The molecule has 0 aromatic heterocycles. The number of amides is 1. The van der Waals surface area contributed by atoms with Gasteiger partial charge >= 0.3 is 0 Å². The quantitative estimate of drug-likeness (QED) is 0.583. The van der Waals surface area contributed by atoms with Crippen molar-refractivity contribution in [3.05, 3.63) is 63.3 Å². The van der Waals surface area contributed by atoms with Crippen LogP contribution in [-0.2, 0) is 4.79 Å². The Morgan fingerprint density at radius 3 is 2.42 bits per heavy atom. The highest BCUT2D eigenvalue weighted by Gasteiger charge is 2.35. The Bertz CT molecular complexity index is 992. The van der Waals surface area contributed by atoms with E-state index in [0.717, 1.165) is 4.47 Å². The number of halogens is 1. The number of benzene rings is 2. The maximum absolute atomic E-state index is 12.7. The van der Waals surface area contributed by atoms with Crippen LogP contribution in [0.25, 0.3) is 5.57 Å². The lowest BCUT2D eigenvalue weighted by molar-refractivity contribution is -0.110. The van der Waals surface area contributed by atoms with Gasteiger partial charge in [0.1, 0.15) is 5.70 Å². The van der Waals surface area contributed by atoms with Crippen molar-refractivity contribution in [1.29, 1.82) is 0 Å². The van der Waals surface area contributed by atoms with Gasteiger partial charge in [0.2, 0.25) is 5.78 Å². The molecule has 0 saturated carbocycles. The van der Waals surface area contributed by atoms with E-state index in [-0.39, 0.29) is 23.2 Å². The summed E-state index contributed by atoms with van der Waals surface area (Å²) in [6, 6.07) is 10.3. The van der Waals surface area contributed by atoms with E-state index in [1.807, 2.05) is 6.07 Å². The molecule has 24 heavy (non-hydrogen) atoms. The summed E-state index contributed by atoms with van der Waals surface area (Å²) in [6.45, 7) is 1.47. The summed E-state index contributed by atoms with van der Waals surface area (Å²) in [4.78, 5) is 36.6. The van der Waals surface area contributed by atoms with Crippen molar-refractivity contribution in [1.82, 2.24) is 0 Å². The summed E-state index contributed by atoms with van der Waals surface area (Å²) < 4.78 is 0.841. The van der Waals surface area contributed by atoms with Crippen LogP contribution < -0.4 is 10.6 Å². The molecule has 2 aromatic rings. The summed E-state index contributed by atoms with van der Waals surface area (Å²) in [5.74, 6) is -0.651. The highest BCUT2D eigenvalue weighted by molar-refractivity contribution is 9.10. The summed E-state index contributed by atoms with van der Waals surface area (Å²) >= 11 is 3.36. The fraction of sp³-hybridized carbons (Fsp3) is 0.0556. The van der Waals surface area contributed by atoms with Gasteiger partial charge in [-0.1, -0.05) is 28.1 Å². The number of carbonyl (C=O) groups is 3. The molecule has 2 aliphatic rings. The highest BCUT2D eigenvalue weighted by Crippen LogP contribution is 2.39. The topological polar surface area (TPSA) is 75.3 Å². The Hall–Kier alpha value is -2.73. The molecule has 1 amide bonds. The third kappa shape index (κ3) is 2.11. The van der Waals surface area contributed by atoms with Crippen LogP contribution in [0.4, 0.5) is 11.4 Å². The third-order valence-corrected chi connectivity index (χ3v) is 4.63. The number of Topliss-reactive ketones (excluding diaryl/α,β-unsaturated/α-hetero) is 2. The van der Waals surface area contributed by atoms with Gasteiger partial charge < -0.3 is 10.6 Å². The number of hydrogen-bond donors (Lipinski definition) is 2. The molecule has 0 radical (unpaired) electrons. The van der Waals surface area contributed by atoms with E-state index in [9.17, 15) is 14.4 Å². The molecule has 0 bridgehead atoms. The number of fused-ring (bicyclic) bond motifs is 2. The van der Waals surface area contributed by atoms with Crippen molar-refractivity contribution in [2.45, 2.75) is 6.92 Å². The van der Waals surface area contributed by atoms with E-state index in [2.05, 4.69) is 26.6 Å². The van der Waals surface area contributed by atoms with Crippen molar-refractivity contribution in [3.8, 4) is 0 Å². The largest absolute Gasteiger partial charge is 0.351 e. The molecule has 0 spiro atoms. The number of nitrogens with one attached hydrogen (secondary N) is 2. The monoisotopic (exact) mass is 382 g/mol. The van der Waals surface area contributed by atoms with Gasteiger partial charge in [-0.25, -0.2) is 0 Å². The Labute approximate surface area is 145 Å². The SMILES string of the molecule is CC(=O)c1ccc2c(c1)N/C(=C1\C(=O)Nc3cc(Br)ccc31)C2=O. The molecule has 0 unspecified atom stereocenters. The van der Waals surface area contributed by atoms with E-state index in [4.69, 9.17) is 0 Å². The lowest BCUT2D eigenvalue weighted by Gasteiger charge is -2.04. The van der Waals surface area contributed by atoms with Crippen LogP contribution in [0, 0.1) is 0 Å². The molecule has 0 saturated heterocycles. The molecule has 6 heteroatoms. The van der Waals surface area contributed by atoms with E-state index < -0.39 is 0 Å².